The summed E-state index contributed by atoms with van der Waals surface area (Å²) >= 11 is 1.57. The van der Waals surface area contributed by atoms with Gasteiger partial charge in [-0.3, -0.25) is 14.4 Å². The molecule has 0 bridgehead atoms. The Morgan fingerprint density at radius 1 is 0.875 bits per heavy atom. The summed E-state index contributed by atoms with van der Waals surface area (Å²) in [5.74, 6) is 0.296. The average molecular weight is 454 g/mol. The number of ether oxygens (including phenoxy) is 3. The number of hydrogen-bond acceptors (Lipinski definition) is 7. The quantitative estimate of drug-likeness (QED) is 0.413. The van der Waals surface area contributed by atoms with Gasteiger partial charge in [-0.25, -0.2) is 0 Å². The number of allylic oxidation sites excluding steroid dienone is 2. The lowest BCUT2D eigenvalue weighted by Crippen LogP contribution is -2.33. The van der Waals surface area contributed by atoms with E-state index in [0.717, 1.165) is 17.7 Å². The molecule has 0 saturated carbocycles. The van der Waals surface area contributed by atoms with Crippen molar-refractivity contribution in [2.24, 2.45) is 0 Å². The standard InChI is InChI=1S/C24H23NO6S/c1-32-12-11-29-23-14-21(26)20(13-22(23)27)25-24(28)16-31-19-9-7-18(8-10-19)30-15-17-5-3-2-4-6-17/h2-10,13-14H,11-12,15-16H2,1H3,(H,25,28). The molecular formula is C24H23NO6S. The second kappa shape index (κ2) is 11.8. The van der Waals surface area contributed by atoms with Crippen molar-refractivity contribution in [1.29, 1.82) is 0 Å². The Balaban J connectivity index is 1.44. The van der Waals surface area contributed by atoms with Crippen LogP contribution in [0.3, 0.4) is 0 Å². The van der Waals surface area contributed by atoms with Gasteiger partial charge in [0, 0.05) is 17.9 Å². The normalized spacial score (nSPS) is 13.2. The molecular weight excluding hydrogens is 430 g/mol. The van der Waals surface area contributed by atoms with E-state index in [1.165, 1.54) is 0 Å². The molecule has 1 amide bonds. The summed E-state index contributed by atoms with van der Waals surface area (Å²) < 4.78 is 16.4. The molecule has 0 aromatic heterocycles. The maximum absolute atomic E-state index is 12.1. The fourth-order valence-corrected chi connectivity index (χ4v) is 2.94. The Hall–Kier alpha value is -3.52. The van der Waals surface area contributed by atoms with Crippen LogP contribution in [0.15, 0.2) is 78.2 Å². The van der Waals surface area contributed by atoms with E-state index in [9.17, 15) is 14.4 Å². The largest absolute Gasteiger partial charge is 0.489 e. The monoisotopic (exact) mass is 453 g/mol. The lowest BCUT2D eigenvalue weighted by atomic mass is 10.1. The minimum Gasteiger partial charge on any atom is -0.489 e. The highest BCUT2D eigenvalue weighted by Gasteiger charge is 2.23. The zero-order valence-electron chi connectivity index (χ0n) is 17.5. The molecule has 3 rings (SSSR count). The first-order valence-electron chi connectivity index (χ1n) is 9.88. The molecule has 0 aliphatic heterocycles. The van der Waals surface area contributed by atoms with E-state index in [2.05, 4.69) is 5.32 Å². The SMILES string of the molecule is CSCCOC1=CC(=O)C(NC(=O)COc2ccc(OCc3ccccc3)cc2)=CC1=O. The molecule has 0 spiro atoms. The average Bonchev–Trinajstić information content (AvgIpc) is 2.81. The van der Waals surface area contributed by atoms with E-state index >= 15 is 0 Å². The fraction of sp³-hybridized carbons (Fsp3) is 0.208. The molecule has 1 aliphatic rings. The third kappa shape index (κ3) is 7.02. The lowest BCUT2D eigenvalue weighted by molar-refractivity contribution is -0.124. The van der Waals surface area contributed by atoms with Crippen LogP contribution in [0.5, 0.6) is 11.5 Å². The second-order valence-corrected chi connectivity index (χ2v) is 7.70. The summed E-state index contributed by atoms with van der Waals surface area (Å²) in [6.07, 6.45) is 4.07. The van der Waals surface area contributed by atoms with Gasteiger partial charge < -0.3 is 19.5 Å². The van der Waals surface area contributed by atoms with E-state index in [-0.39, 0.29) is 18.1 Å². The van der Waals surface area contributed by atoms with Crippen molar-refractivity contribution in [1.82, 2.24) is 5.32 Å². The molecule has 0 unspecified atom stereocenters. The van der Waals surface area contributed by atoms with Crippen molar-refractivity contribution in [2.75, 3.05) is 25.2 Å². The Labute approximate surface area is 190 Å². The Bertz CT molecular complexity index is 1010. The van der Waals surface area contributed by atoms with Crippen molar-refractivity contribution in [3.05, 3.63) is 83.8 Å². The molecule has 1 N–H and O–H groups in total. The van der Waals surface area contributed by atoms with E-state index in [4.69, 9.17) is 14.2 Å². The van der Waals surface area contributed by atoms with Crippen LogP contribution in [-0.2, 0) is 25.7 Å². The summed E-state index contributed by atoms with van der Waals surface area (Å²) in [5.41, 5.74) is 0.952. The zero-order chi connectivity index (χ0) is 22.8. The smallest absolute Gasteiger partial charge is 0.262 e. The van der Waals surface area contributed by atoms with Crippen LogP contribution in [-0.4, -0.2) is 42.7 Å². The molecule has 0 saturated heterocycles. The number of ketones is 2. The van der Waals surface area contributed by atoms with Gasteiger partial charge in [0.25, 0.3) is 5.91 Å². The first-order valence-corrected chi connectivity index (χ1v) is 11.3. The minimum absolute atomic E-state index is 0.0205. The molecule has 2 aromatic carbocycles. The Kier molecular flexibility index (Phi) is 8.51. The predicted octanol–water partition coefficient (Wildman–Crippen LogP) is 3.06. The number of nitrogens with one attached hydrogen (secondary N) is 1. The van der Waals surface area contributed by atoms with Crippen LogP contribution < -0.4 is 14.8 Å². The van der Waals surface area contributed by atoms with Crippen LogP contribution in [0.1, 0.15) is 5.56 Å². The van der Waals surface area contributed by atoms with Crippen LogP contribution in [0.2, 0.25) is 0 Å². The topological polar surface area (TPSA) is 90.9 Å². The zero-order valence-corrected chi connectivity index (χ0v) is 18.4. The number of benzene rings is 2. The van der Waals surface area contributed by atoms with Crippen molar-refractivity contribution in [3.63, 3.8) is 0 Å². The first-order chi connectivity index (χ1) is 15.5. The molecule has 2 aromatic rings. The molecule has 166 valence electrons. The highest BCUT2D eigenvalue weighted by Crippen LogP contribution is 2.19. The maximum atomic E-state index is 12.1. The van der Waals surface area contributed by atoms with Crippen LogP contribution in [0.4, 0.5) is 0 Å². The van der Waals surface area contributed by atoms with Crippen LogP contribution >= 0.6 is 11.8 Å². The molecule has 32 heavy (non-hydrogen) atoms. The number of carbonyl (C=O) groups is 3. The second-order valence-electron chi connectivity index (χ2n) is 6.72. The number of hydrogen-bond donors (Lipinski definition) is 1. The van der Waals surface area contributed by atoms with Crippen molar-refractivity contribution in [3.8, 4) is 11.5 Å². The molecule has 0 heterocycles. The Morgan fingerprint density at radius 3 is 2.25 bits per heavy atom. The van der Waals surface area contributed by atoms with Gasteiger partial charge in [0.2, 0.25) is 11.6 Å². The van der Waals surface area contributed by atoms with E-state index < -0.39 is 17.5 Å². The number of amides is 1. The molecule has 7 nitrogen and oxygen atoms in total. The Morgan fingerprint density at radius 2 is 1.56 bits per heavy atom. The molecule has 0 atom stereocenters. The third-order valence-corrected chi connectivity index (χ3v) is 4.88. The van der Waals surface area contributed by atoms with E-state index in [0.29, 0.717) is 30.5 Å². The van der Waals surface area contributed by atoms with Crippen molar-refractivity contribution < 1.29 is 28.6 Å². The van der Waals surface area contributed by atoms with Gasteiger partial charge in [0.15, 0.2) is 12.4 Å². The van der Waals surface area contributed by atoms with Gasteiger partial charge in [-0.05, 0) is 36.1 Å². The summed E-state index contributed by atoms with van der Waals surface area (Å²) in [6, 6.07) is 16.6. The summed E-state index contributed by atoms with van der Waals surface area (Å²) in [6.45, 7) is 0.458. The minimum atomic E-state index is -0.554. The van der Waals surface area contributed by atoms with Gasteiger partial charge >= 0.3 is 0 Å². The van der Waals surface area contributed by atoms with Crippen LogP contribution in [0.25, 0.3) is 0 Å². The van der Waals surface area contributed by atoms with Crippen molar-refractivity contribution >= 4 is 29.2 Å². The number of rotatable bonds is 11. The maximum Gasteiger partial charge on any atom is 0.262 e. The van der Waals surface area contributed by atoms with Gasteiger partial charge in [0.1, 0.15) is 18.1 Å². The van der Waals surface area contributed by atoms with E-state index in [1.807, 2.05) is 36.6 Å². The van der Waals surface area contributed by atoms with Gasteiger partial charge in [0.05, 0.1) is 12.3 Å². The number of thioether (sulfide) groups is 1. The van der Waals surface area contributed by atoms with Gasteiger partial charge in [-0.2, -0.15) is 11.8 Å². The lowest BCUT2D eigenvalue weighted by Gasteiger charge is -2.14. The van der Waals surface area contributed by atoms with Gasteiger partial charge in [-0.1, -0.05) is 30.3 Å². The van der Waals surface area contributed by atoms with Gasteiger partial charge in [-0.15, -0.1) is 0 Å². The van der Waals surface area contributed by atoms with Crippen LogP contribution in [0, 0.1) is 0 Å². The van der Waals surface area contributed by atoms with Crippen molar-refractivity contribution in [2.45, 2.75) is 6.61 Å². The predicted molar refractivity (Wildman–Crippen MR) is 121 cm³/mol. The molecule has 1 aliphatic carbocycles. The summed E-state index contributed by atoms with van der Waals surface area (Å²) in [5, 5.41) is 2.40. The summed E-state index contributed by atoms with van der Waals surface area (Å²) in [7, 11) is 0. The third-order valence-electron chi connectivity index (χ3n) is 4.31. The first kappa shape index (κ1) is 23.1. The molecule has 0 fully saturated rings. The fourth-order valence-electron chi connectivity index (χ4n) is 2.69. The highest BCUT2D eigenvalue weighted by atomic mass is 32.2. The molecule has 0 radical (unpaired) electrons. The van der Waals surface area contributed by atoms with E-state index in [1.54, 1.807) is 36.0 Å². The highest BCUT2D eigenvalue weighted by molar-refractivity contribution is 7.98. The number of carbonyl (C=O) groups excluding carboxylic acids is 3. The summed E-state index contributed by atoms with van der Waals surface area (Å²) in [4.78, 5) is 36.3. The molecule has 8 heteroatoms.